The van der Waals surface area contributed by atoms with E-state index in [1.54, 1.807) is 0 Å². The maximum absolute atomic E-state index is 13.3. The first kappa shape index (κ1) is 22.3. The molecule has 0 aliphatic rings. The Bertz CT molecular complexity index is 918. The quantitative estimate of drug-likeness (QED) is 0.546. The highest BCUT2D eigenvalue weighted by atomic mass is 19.1. The van der Waals surface area contributed by atoms with Gasteiger partial charge in [0.2, 0.25) is 0 Å². The minimum absolute atomic E-state index is 0.0218. The molecule has 1 aromatic carbocycles. The summed E-state index contributed by atoms with van der Waals surface area (Å²) in [7, 11) is 0. The normalized spacial score (nSPS) is 13.4. The van der Waals surface area contributed by atoms with Gasteiger partial charge in [-0.25, -0.2) is 13.6 Å². The summed E-state index contributed by atoms with van der Waals surface area (Å²) in [6.07, 6.45) is 2.93. The summed E-state index contributed by atoms with van der Waals surface area (Å²) in [6.45, 7) is 3.22. The number of aliphatic carboxylic acids is 2. The lowest BCUT2D eigenvalue weighted by Gasteiger charge is -2.21. The molecule has 0 saturated heterocycles. The Morgan fingerprint density at radius 3 is 2.07 bits per heavy atom. The van der Waals surface area contributed by atoms with Crippen LogP contribution in [0.25, 0.3) is 0 Å². The third-order valence-electron chi connectivity index (χ3n) is 4.28. The first-order valence-electron chi connectivity index (χ1n) is 8.99. The van der Waals surface area contributed by atoms with Crippen molar-refractivity contribution in [1.29, 1.82) is 0 Å². The van der Waals surface area contributed by atoms with Crippen LogP contribution in [0.1, 0.15) is 25.8 Å². The number of nitrogens with one attached hydrogen (secondary N) is 1. The van der Waals surface area contributed by atoms with Crippen LogP contribution in [0.2, 0.25) is 0 Å². The summed E-state index contributed by atoms with van der Waals surface area (Å²) in [6, 6.07) is 0.519. The van der Waals surface area contributed by atoms with Crippen molar-refractivity contribution < 1.29 is 28.6 Å². The van der Waals surface area contributed by atoms with E-state index in [1.165, 1.54) is 17.0 Å². The van der Waals surface area contributed by atoms with Gasteiger partial charge in [0, 0.05) is 18.5 Å². The average molecular weight is 411 g/mol. The van der Waals surface area contributed by atoms with Crippen molar-refractivity contribution in [3.8, 4) is 0 Å². The molecule has 29 heavy (non-hydrogen) atoms. The molecular weight excluding hydrogens is 388 g/mol. The summed E-state index contributed by atoms with van der Waals surface area (Å²) in [5, 5.41) is 21.3. The van der Waals surface area contributed by atoms with E-state index in [1.807, 2.05) is 13.8 Å². The van der Waals surface area contributed by atoms with E-state index in [4.69, 9.17) is 0 Å². The second kappa shape index (κ2) is 9.46. The lowest BCUT2D eigenvalue weighted by Crippen LogP contribution is -2.50. The Balaban J connectivity index is 2.17. The van der Waals surface area contributed by atoms with Gasteiger partial charge in [0.25, 0.3) is 0 Å². The number of benzene rings is 1. The Labute approximate surface area is 165 Å². The summed E-state index contributed by atoms with van der Waals surface area (Å²) in [5.74, 6) is -4.00. The smallest absolute Gasteiger partial charge is 0.328 e. The van der Waals surface area contributed by atoms with Crippen molar-refractivity contribution in [2.75, 3.05) is 0 Å². The third kappa shape index (κ3) is 6.24. The Hall–Kier alpha value is -3.01. The fourth-order valence-corrected chi connectivity index (χ4v) is 2.96. The van der Waals surface area contributed by atoms with E-state index in [0.717, 1.165) is 22.8 Å². The van der Waals surface area contributed by atoms with Crippen LogP contribution in [0.5, 0.6) is 0 Å². The number of carbonyl (C=O) groups is 2. The van der Waals surface area contributed by atoms with E-state index in [-0.39, 0.29) is 31.0 Å². The number of hydrogen-bond acceptors (Lipinski definition) is 4. The van der Waals surface area contributed by atoms with Gasteiger partial charge in [-0.2, -0.15) is 0 Å². The molecule has 0 fully saturated rings. The molecule has 0 aliphatic heterocycles. The molecule has 0 unspecified atom stereocenters. The second-order valence-electron chi connectivity index (χ2n) is 7.22. The molecule has 0 saturated carbocycles. The molecule has 0 radical (unpaired) electrons. The van der Waals surface area contributed by atoms with Crippen LogP contribution in [-0.2, 0) is 22.7 Å². The fraction of sp³-hybridized carbons (Fsp3) is 0.421. The number of hydrogen-bond donors (Lipinski definition) is 3. The van der Waals surface area contributed by atoms with Gasteiger partial charge in [0.15, 0.2) is 0 Å². The van der Waals surface area contributed by atoms with Crippen molar-refractivity contribution in [3.05, 3.63) is 58.3 Å². The minimum Gasteiger partial charge on any atom is -0.480 e. The van der Waals surface area contributed by atoms with Gasteiger partial charge < -0.3 is 10.2 Å². The molecule has 158 valence electrons. The molecule has 0 amide bonds. The summed E-state index contributed by atoms with van der Waals surface area (Å²) in [4.78, 5) is 35.5. The van der Waals surface area contributed by atoms with E-state index < -0.39 is 41.3 Å². The maximum atomic E-state index is 13.3. The van der Waals surface area contributed by atoms with Crippen LogP contribution in [0, 0.1) is 17.6 Å². The highest BCUT2D eigenvalue weighted by Crippen LogP contribution is 2.10. The van der Waals surface area contributed by atoms with E-state index in [0.29, 0.717) is 0 Å². The third-order valence-corrected chi connectivity index (χ3v) is 4.28. The van der Waals surface area contributed by atoms with Crippen LogP contribution in [-0.4, -0.2) is 43.4 Å². The van der Waals surface area contributed by atoms with Crippen molar-refractivity contribution >= 4 is 11.9 Å². The zero-order chi connectivity index (χ0) is 21.7. The number of aromatic nitrogens is 2. The highest BCUT2D eigenvalue weighted by molar-refractivity contribution is 5.77. The topological polar surface area (TPSA) is 114 Å². The number of halogens is 2. The molecule has 0 bridgehead atoms. The van der Waals surface area contributed by atoms with Gasteiger partial charge >= 0.3 is 17.6 Å². The summed E-state index contributed by atoms with van der Waals surface area (Å²) < 4.78 is 28.9. The van der Waals surface area contributed by atoms with Crippen LogP contribution in [0.3, 0.4) is 0 Å². The van der Waals surface area contributed by atoms with Gasteiger partial charge in [0.05, 0.1) is 13.1 Å². The van der Waals surface area contributed by atoms with E-state index in [9.17, 15) is 33.4 Å². The van der Waals surface area contributed by atoms with Crippen molar-refractivity contribution in [3.63, 3.8) is 0 Å². The number of carboxylic acid groups (broad SMARTS) is 2. The van der Waals surface area contributed by atoms with E-state index >= 15 is 0 Å². The highest BCUT2D eigenvalue weighted by Gasteiger charge is 2.27. The zero-order valence-electron chi connectivity index (χ0n) is 16.0. The van der Waals surface area contributed by atoms with Crippen LogP contribution < -0.4 is 11.0 Å². The molecule has 0 aliphatic carbocycles. The molecule has 2 atom stereocenters. The van der Waals surface area contributed by atoms with E-state index in [2.05, 4.69) is 5.32 Å². The number of rotatable bonds is 10. The first-order chi connectivity index (χ1) is 13.6. The maximum Gasteiger partial charge on any atom is 0.328 e. The second-order valence-corrected chi connectivity index (χ2v) is 7.22. The fourth-order valence-electron chi connectivity index (χ4n) is 2.96. The molecular formula is C19H23F2N3O5. The predicted octanol–water partition coefficient (Wildman–Crippen LogP) is 1.52. The number of carboxylic acids is 2. The monoisotopic (exact) mass is 411 g/mol. The number of imidazole rings is 1. The van der Waals surface area contributed by atoms with Crippen molar-refractivity contribution in [1.82, 2.24) is 14.5 Å². The van der Waals surface area contributed by atoms with Crippen LogP contribution >= 0.6 is 0 Å². The first-order valence-corrected chi connectivity index (χ1v) is 8.99. The Kier molecular flexibility index (Phi) is 7.27. The van der Waals surface area contributed by atoms with Gasteiger partial charge in [-0.1, -0.05) is 13.8 Å². The molecule has 2 rings (SSSR count). The minimum atomic E-state index is -1.31. The van der Waals surface area contributed by atoms with Crippen molar-refractivity contribution in [2.24, 2.45) is 5.92 Å². The molecule has 8 nitrogen and oxygen atoms in total. The Morgan fingerprint density at radius 1 is 1.00 bits per heavy atom. The molecule has 10 heteroatoms. The van der Waals surface area contributed by atoms with Gasteiger partial charge in [-0.15, -0.1) is 0 Å². The summed E-state index contributed by atoms with van der Waals surface area (Å²) >= 11 is 0. The van der Waals surface area contributed by atoms with Crippen LogP contribution in [0.15, 0.2) is 35.4 Å². The molecule has 1 heterocycles. The largest absolute Gasteiger partial charge is 0.480 e. The lowest BCUT2D eigenvalue weighted by atomic mass is 10.0. The van der Waals surface area contributed by atoms with Crippen LogP contribution in [0.4, 0.5) is 8.78 Å². The van der Waals surface area contributed by atoms with Crippen molar-refractivity contribution in [2.45, 2.75) is 45.4 Å². The predicted molar refractivity (Wildman–Crippen MR) is 99.6 cm³/mol. The molecule has 2 aromatic rings. The molecule has 3 N–H and O–H groups in total. The Morgan fingerprint density at radius 2 is 1.55 bits per heavy atom. The van der Waals surface area contributed by atoms with Gasteiger partial charge in [-0.05, 0) is 30.0 Å². The zero-order valence-corrected chi connectivity index (χ0v) is 16.0. The SMILES string of the molecule is CC(C)C[C@H](N[C@@H](Cn1ccn(Cc2cc(F)cc(F)c2)c1=O)C(=O)O)C(=O)O. The molecule has 0 spiro atoms. The molecule has 1 aromatic heterocycles. The standard InChI is InChI=1S/C19H23F2N3O5/c1-11(2)5-15(17(25)26)22-16(18(27)28)10-24-4-3-23(19(24)29)9-12-6-13(20)8-14(21)7-12/h3-4,6-8,11,15-16,22H,5,9-10H2,1-2H3,(H,25,26)(H,27,28)/t15-,16-/m0/s1. The lowest BCUT2D eigenvalue weighted by molar-refractivity contribution is -0.143. The average Bonchev–Trinajstić information content (AvgIpc) is 2.92. The number of nitrogens with zero attached hydrogens (tertiary/aromatic N) is 2. The van der Waals surface area contributed by atoms with Gasteiger partial charge in [-0.3, -0.25) is 24.0 Å². The van der Waals surface area contributed by atoms with Gasteiger partial charge in [0.1, 0.15) is 23.7 Å². The summed E-state index contributed by atoms with van der Waals surface area (Å²) in [5.41, 5.74) is -0.350.